The maximum atomic E-state index is 9.36. The van der Waals surface area contributed by atoms with Crippen molar-refractivity contribution in [3.05, 3.63) is 57.6 Å². The van der Waals surface area contributed by atoms with Crippen LogP contribution in [0, 0.1) is 11.3 Å². The lowest BCUT2D eigenvalue weighted by atomic mass is 10.1. The summed E-state index contributed by atoms with van der Waals surface area (Å²) in [5, 5.41) is 13.5. The molecule has 2 aromatic rings. The van der Waals surface area contributed by atoms with Gasteiger partial charge in [-0.1, -0.05) is 35.3 Å². The molecule has 4 nitrogen and oxygen atoms in total. The average molecular weight is 401 g/mol. The van der Waals surface area contributed by atoms with Gasteiger partial charge in [0.1, 0.15) is 6.04 Å². The topological polar surface area (TPSA) is 54.3 Å². The molecule has 0 bridgehead atoms. The number of methoxy groups -OCH3 is 2. The number of hydrogen-bond donors (Lipinski definition) is 1. The molecule has 0 aliphatic carbocycles. The van der Waals surface area contributed by atoms with Crippen LogP contribution in [0.3, 0.4) is 0 Å². The molecule has 25 heavy (non-hydrogen) atoms. The molecule has 7 heteroatoms. The smallest absolute Gasteiger partial charge is 0.160 e. The molecule has 1 atom stereocenters. The van der Waals surface area contributed by atoms with Crippen LogP contribution in [0.5, 0.6) is 11.5 Å². The summed E-state index contributed by atoms with van der Waals surface area (Å²) in [6.45, 7) is 0.633. The predicted molar refractivity (Wildman–Crippen MR) is 96.1 cm³/mol. The van der Waals surface area contributed by atoms with E-state index in [1.165, 1.54) is 0 Å². The summed E-state index contributed by atoms with van der Waals surface area (Å²) in [5.74, 6) is 1.39. The minimum atomic E-state index is -0.445. The monoisotopic (exact) mass is 399 g/mol. The van der Waals surface area contributed by atoms with Crippen LogP contribution in [-0.4, -0.2) is 20.8 Å². The van der Waals surface area contributed by atoms with Gasteiger partial charge in [-0.3, -0.25) is 5.32 Å². The standard InChI is InChI=1S/C18H18Cl2N2O2.ClH/c1-23-17-6-3-12(9-18(17)24-2)7-8-22-16(11-21)13-4-5-14(19)15(20)10-13;/h3-6,9-10,16,22H,7-8H2,1-2H3;1H/p-1. The molecule has 0 spiro atoms. The molecular formula is C18H18Cl3N2O2-. The highest BCUT2D eigenvalue weighted by Crippen LogP contribution is 2.28. The first-order chi connectivity index (χ1) is 11.6. The third-order valence-electron chi connectivity index (χ3n) is 3.62. The van der Waals surface area contributed by atoms with Crippen LogP contribution >= 0.6 is 23.2 Å². The first kappa shape index (κ1) is 21.4. The molecule has 0 fully saturated rings. The molecule has 2 aromatic carbocycles. The lowest BCUT2D eigenvalue weighted by Crippen LogP contribution is -3.00. The second-order valence-corrected chi connectivity index (χ2v) is 5.94. The van der Waals surface area contributed by atoms with E-state index in [1.807, 2.05) is 18.2 Å². The van der Waals surface area contributed by atoms with Gasteiger partial charge in [-0.05, 0) is 41.8 Å². The van der Waals surface area contributed by atoms with Crippen molar-refractivity contribution in [2.45, 2.75) is 12.5 Å². The molecule has 0 aromatic heterocycles. The van der Waals surface area contributed by atoms with Crippen molar-refractivity contribution in [3.8, 4) is 17.6 Å². The van der Waals surface area contributed by atoms with E-state index in [0.717, 1.165) is 17.5 Å². The maximum absolute atomic E-state index is 9.36. The zero-order chi connectivity index (χ0) is 17.5. The predicted octanol–water partition coefficient (Wildman–Crippen LogP) is 1.41. The summed E-state index contributed by atoms with van der Waals surface area (Å²) in [6, 6.07) is 12.8. The van der Waals surface area contributed by atoms with Crippen LogP contribution in [0.1, 0.15) is 17.2 Å². The van der Waals surface area contributed by atoms with E-state index in [4.69, 9.17) is 32.7 Å². The quantitative estimate of drug-likeness (QED) is 0.763. The molecule has 2 rings (SSSR count). The number of benzene rings is 2. The van der Waals surface area contributed by atoms with Gasteiger partial charge >= 0.3 is 0 Å². The van der Waals surface area contributed by atoms with Gasteiger partial charge in [-0.25, -0.2) is 0 Å². The van der Waals surface area contributed by atoms with Crippen LogP contribution in [0.25, 0.3) is 0 Å². The number of ether oxygens (including phenoxy) is 2. The normalized spacial score (nSPS) is 11.2. The van der Waals surface area contributed by atoms with Crippen LogP contribution in [-0.2, 0) is 6.42 Å². The van der Waals surface area contributed by atoms with E-state index in [1.54, 1.807) is 32.4 Å². The average Bonchev–Trinajstić information content (AvgIpc) is 2.61. The molecule has 0 saturated carbocycles. The summed E-state index contributed by atoms with van der Waals surface area (Å²) < 4.78 is 10.5. The number of rotatable bonds is 7. The van der Waals surface area contributed by atoms with Gasteiger partial charge in [0.2, 0.25) is 0 Å². The van der Waals surface area contributed by atoms with Gasteiger partial charge < -0.3 is 21.9 Å². The van der Waals surface area contributed by atoms with Crippen LogP contribution < -0.4 is 27.2 Å². The SMILES string of the molecule is COc1ccc(CCNC(C#N)c2ccc(Cl)c(Cl)c2)cc1OC.[Cl-]. The lowest BCUT2D eigenvalue weighted by Gasteiger charge is -2.13. The highest BCUT2D eigenvalue weighted by Gasteiger charge is 2.12. The number of nitrogens with zero attached hydrogens (tertiary/aromatic N) is 1. The Bertz CT molecular complexity index is 748. The Hall–Kier alpha value is -1.64. The molecule has 134 valence electrons. The van der Waals surface area contributed by atoms with Crippen LogP contribution in [0.2, 0.25) is 10.0 Å². The zero-order valence-corrected chi connectivity index (χ0v) is 16.1. The Kier molecular flexibility index (Phi) is 8.88. The molecule has 0 heterocycles. The molecule has 0 aliphatic rings. The summed E-state index contributed by atoms with van der Waals surface area (Å²) >= 11 is 11.9. The second-order valence-electron chi connectivity index (χ2n) is 5.13. The molecule has 0 radical (unpaired) electrons. The first-order valence-corrected chi connectivity index (χ1v) is 8.13. The summed E-state index contributed by atoms with van der Waals surface area (Å²) in [4.78, 5) is 0. The van der Waals surface area contributed by atoms with E-state index in [-0.39, 0.29) is 12.4 Å². The Balaban J connectivity index is 0.00000312. The molecule has 0 amide bonds. The van der Waals surface area contributed by atoms with Crippen molar-refractivity contribution in [2.24, 2.45) is 0 Å². The Labute approximate surface area is 164 Å². The molecule has 1 N–H and O–H groups in total. The number of nitriles is 1. The fourth-order valence-electron chi connectivity index (χ4n) is 2.33. The third kappa shape index (κ3) is 5.69. The second kappa shape index (κ2) is 10.4. The highest BCUT2D eigenvalue weighted by molar-refractivity contribution is 6.42. The number of hydrogen-bond acceptors (Lipinski definition) is 4. The minimum Gasteiger partial charge on any atom is -1.00 e. The maximum Gasteiger partial charge on any atom is 0.160 e. The van der Waals surface area contributed by atoms with Gasteiger partial charge in [0.05, 0.1) is 30.3 Å². The van der Waals surface area contributed by atoms with E-state index in [2.05, 4.69) is 11.4 Å². The van der Waals surface area contributed by atoms with Gasteiger partial charge in [-0.15, -0.1) is 0 Å². The largest absolute Gasteiger partial charge is 1.00 e. The van der Waals surface area contributed by atoms with Crippen molar-refractivity contribution in [2.75, 3.05) is 20.8 Å². The van der Waals surface area contributed by atoms with Gasteiger partial charge in [0, 0.05) is 6.54 Å². The fourth-order valence-corrected chi connectivity index (χ4v) is 2.63. The van der Waals surface area contributed by atoms with Gasteiger partial charge in [0.25, 0.3) is 0 Å². The van der Waals surface area contributed by atoms with Crippen molar-refractivity contribution in [1.29, 1.82) is 5.26 Å². The molecule has 0 saturated heterocycles. The Morgan fingerprint density at radius 2 is 1.76 bits per heavy atom. The number of nitrogens with one attached hydrogen (secondary N) is 1. The third-order valence-corrected chi connectivity index (χ3v) is 4.36. The van der Waals surface area contributed by atoms with Gasteiger partial charge in [-0.2, -0.15) is 5.26 Å². The highest BCUT2D eigenvalue weighted by atomic mass is 35.5. The number of halogens is 3. The van der Waals surface area contributed by atoms with Crippen LogP contribution in [0.4, 0.5) is 0 Å². The lowest BCUT2D eigenvalue weighted by molar-refractivity contribution is -0.00000550. The fraction of sp³-hybridized carbons (Fsp3) is 0.278. The van der Waals surface area contributed by atoms with E-state index in [0.29, 0.717) is 28.1 Å². The summed E-state index contributed by atoms with van der Waals surface area (Å²) in [5.41, 5.74) is 1.88. The molecule has 1 unspecified atom stereocenters. The Morgan fingerprint density at radius 1 is 1.04 bits per heavy atom. The molecule has 0 aliphatic heterocycles. The van der Waals surface area contributed by atoms with Crippen molar-refractivity contribution >= 4 is 23.2 Å². The minimum absolute atomic E-state index is 0. The van der Waals surface area contributed by atoms with E-state index in [9.17, 15) is 5.26 Å². The van der Waals surface area contributed by atoms with Crippen molar-refractivity contribution < 1.29 is 21.9 Å². The van der Waals surface area contributed by atoms with Gasteiger partial charge in [0.15, 0.2) is 11.5 Å². The first-order valence-electron chi connectivity index (χ1n) is 7.38. The van der Waals surface area contributed by atoms with Crippen molar-refractivity contribution in [3.63, 3.8) is 0 Å². The van der Waals surface area contributed by atoms with Crippen LogP contribution in [0.15, 0.2) is 36.4 Å². The molecular weight excluding hydrogens is 383 g/mol. The summed E-state index contributed by atoms with van der Waals surface area (Å²) in [7, 11) is 3.21. The van der Waals surface area contributed by atoms with E-state index >= 15 is 0 Å². The Morgan fingerprint density at radius 3 is 2.36 bits per heavy atom. The van der Waals surface area contributed by atoms with Crippen molar-refractivity contribution in [1.82, 2.24) is 5.32 Å². The zero-order valence-electron chi connectivity index (χ0n) is 13.9. The van der Waals surface area contributed by atoms with E-state index < -0.39 is 6.04 Å². The summed E-state index contributed by atoms with van der Waals surface area (Å²) in [6.07, 6.45) is 0.750.